The highest BCUT2D eigenvalue weighted by Gasteiger charge is 2.02. The lowest BCUT2D eigenvalue weighted by Crippen LogP contribution is -2.07. The van der Waals surface area contributed by atoms with Crippen LogP contribution in [0.25, 0.3) is 6.08 Å². The zero-order valence-electron chi connectivity index (χ0n) is 7.54. The second-order valence-corrected chi connectivity index (χ2v) is 2.96. The molecule has 0 aromatic carbocycles. The van der Waals surface area contributed by atoms with E-state index in [9.17, 15) is 0 Å². The average Bonchev–Trinajstić information content (AvgIpc) is 2.04. The van der Waals surface area contributed by atoms with Crippen molar-refractivity contribution in [1.29, 1.82) is 0 Å². The van der Waals surface area contributed by atoms with Gasteiger partial charge in [0.05, 0.1) is 5.69 Å². The van der Waals surface area contributed by atoms with Crippen LogP contribution in [-0.2, 0) is 0 Å². The van der Waals surface area contributed by atoms with E-state index in [0.29, 0.717) is 0 Å². The molecule has 2 nitrogen and oxygen atoms in total. The van der Waals surface area contributed by atoms with Gasteiger partial charge in [-0.3, -0.25) is 4.98 Å². The van der Waals surface area contributed by atoms with Gasteiger partial charge in [0, 0.05) is 12.2 Å². The quantitative estimate of drug-likeness (QED) is 0.722. The van der Waals surface area contributed by atoms with Crippen molar-refractivity contribution in [3.63, 3.8) is 0 Å². The first kappa shape index (κ1) is 8.94. The Morgan fingerprint density at radius 3 is 2.75 bits per heavy atom. The van der Waals surface area contributed by atoms with Gasteiger partial charge in [-0.15, -0.1) is 0 Å². The van der Waals surface area contributed by atoms with Crippen molar-refractivity contribution in [3.8, 4) is 0 Å². The zero-order valence-corrected chi connectivity index (χ0v) is 7.54. The molecule has 0 spiro atoms. The van der Waals surface area contributed by atoms with E-state index in [1.54, 1.807) is 12.3 Å². The summed E-state index contributed by atoms with van der Waals surface area (Å²) < 4.78 is 0. The van der Waals surface area contributed by atoms with Crippen LogP contribution in [0.4, 0.5) is 0 Å². The second-order valence-electron chi connectivity index (χ2n) is 2.96. The lowest BCUT2D eigenvalue weighted by molar-refractivity contribution is 0.779. The summed E-state index contributed by atoms with van der Waals surface area (Å²) in [5.41, 5.74) is 8.86. The standard InChI is InChI=1S/C10H14N2/c1-4-9-6-12-10(8(3)11)5-7(9)2/h4-6,8H,1,11H2,2-3H3/t8-/m0/s1. The van der Waals surface area contributed by atoms with Crippen LogP contribution in [0.15, 0.2) is 18.8 Å². The fourth-order valence-corrected chi connectivity index (χ4v) is 1.05. The molecule has 1 heterocycles. The number of pyridine rings is 1. The van der Waals surface area contributed by atoms with Crippen LogP contribution in [0.5, 0.6) is 0 Å². The highest BCUT2D eigenvalue weighted by molar-refractivity contribution is 5.50. The summed E-state index contributed by atoms with van der Waals surface area (Å²) in [5.74, 6) is 0. The molecule has 2 N–H and O–H groups in total. The third-order valence-corrected chi connectivity index (χ3v) is 1.86. The molecule has 0 aliphatic carbocycles. The van der Waals surface area contributed by atoms with Crippen molar-refractivity contribution in [3.05, 3.63) is 35.7 Å². The number of nitrogens with two attached hydrogens (primary N) is 1. The Morgan fingerprint density at radius 1 is 1.67 bits per heavy atom. The third-order valence-electron chi connectivity index (χ3n) is 1.86. The molecule has 2 heteroatoms. The molecule has 0 unspecified atom stereocenters. The molecule has 64 valence electrons. The minimum atomic E-state index is 0.00238. The molecule has 1 aromatic rings. The first-order valence-corrected chi connectivity index (χ1v) is 3.99. The van der Waals surface area contributed by atoms with Gasteiger partial charge >= 0.3 is 0 Å². The zero-order chi connectivity index (χ0) is 9.14. The predicted molar refractivity (Wildman–Crippen MR) is 51.7 cm³/mol. The Labute approximate surface area is 73.1 Å². The van der Waals surface area contributed by atoms with Gasteiger partial charge in [-0.25, -0.2) is 0 Å². The molecule has 0 saturated carbocycles. The van der Waals surface area contributed by atoms with Gasteiger partial charge < -0.3 is 5.73 Å². The highest BCUT2D eigenvalue weighted by atomic mass is 14.8. The Kier molecular flexibility index (Phi) is 2.61. The van der Waals surface area contributed by atoms with Gasteiger partial charge in [0.15, 0.2) is 0 Å². The molecule has 0 saturated heterocycles. The van der Waals surface area contributed by atoms with Crippen LogP contribution in [0.2, 0.25) is 0 Å². The van der Waals surface area contributed by atoms with Gasteiger partial charge in [0.1, 0.15) is 0 Å². The van der Waals surface area contributed by atoms with Gasteiger partial charge in [-0.2, -0.15) is 0 Å². The van der Waals surface area contributed by atoms with E-state index < -0.39 is 0 Å². The molecule has 0 amide bonds. The Morgan fingerprint density at radius 2 is 2.33 bits per heavy atom. The van der Waals surface area contributed by atoms with Crippen molar-refractivity contribution in [2.45, 2.75) is 19.9 Å². The number of hydrogen-bond donors (Lipinski definition) is 1. The topological polar surface area (TPSA) is 38.9 Å². The lowest BCUT2D eigenvalue weighted by atomic mass is 10.1. The van der Waals surface area contributed by atoms with Crippen LogP contribution >= 0.6 is 0 Å². The maximum atomic E-state index is 5.69. The number of aryl methyl sites for hydroxylation is 1. The summed E-state index contributed by atoms with van der Waals surface area (Å²) in [4.78, 5) is 4.21. The minimum Gasteiger partial charge on any atom is -0.323 e. The van der Waals surface area contributed by atoms with Gasteiger partial charge in [-0.1, -0.05) is 12.7 Å². The molecule has 1 atom stereocenters. The normalized spacial score (nSPS) is 12.6. The van der Waals surface area contributed by atoms with Crippen molar-refractivity contribution in [1.82, 2.24) is 4.98 Å². The van der Waals surface area contributed by atoms with E-state index in [1.807, 2.05) is 19.9 Å². The number of aromatic nitrogens is 1. The molecule has 12 heavy (non-hydrogen) atoms. The Bertz CT molecular complexity index is 290. The number of hydrogen-bond acceptors (Lipinski definition) is 2. The second kappa shape index (κ2) is 3.50. The maximum absolute atomic E-state index is 5.69. The van der Waals surface area contributed by atoms with E-state index in [4.69, 9.17) is 5.73 Å². The highest BCUT2D eigenvalue weighted by Crippen LogP contribution is 2.12. The smallest absolute Gasteiger partial charge is 0.0571 e. The van der Waals surface area contributed by atoms with Gasteiger partial charge in [-0.05, 0) is 31.0 Å². The molecule has 1 rings (SSSR count). The molecule has 0 aliphatic rings. The largest absolute Gasteiger partial charge is 0.323 e. The maximum Gasteiger partial charge on any atom is 0.0571 e. The fraction of sp³-hybridized carbons (Fsp3) is 0.300. The average molecular weight is 162 g/mol. The molecular weight excluding hydrogens is 148 g/mol. The molecule has 0 fully saturated rings. The first-order valence-electron chi connectivity index (χ1n) is 3.99. The summed E-state index contributed by atoms with van der Waals surface area (Å²) in [5, 5.41) is 0. The summed E-state index contributed by atoms with van der Waals surface area (Å²) in [6.07, 6.45) is 3.61. The van der Waals surface area contributed by atoms with E-state index in [-0.39, 0.29) is 6.04 Å². The summed E-state index contributed by atoms with van der Waals surface area (Å²) in [6, 6.07) is 2.00. The van der Waals surface area contributed by atoms with Crippen molar-refractivity contribution < 1.29 is 0 Å². The van der Waals surface area contributed by atoms with Crippen LogP contribution in [0.1, 0.15) is 29.8 Å². The van der Waals surface area contributed by atoms with Crippen LogP contribution < -0.4 is 5.73 Å². The van der Waals surface area contributed by atoms with Crippen molar-refractivity contribution in [2.24, 2.45) is 5.73 Å². The van der Waals surface area contributed by atoms with Crippen molar-refractivity contribution >= 4 is 6.08 Å². The molecule has 0 aliphatic heterocycles. The van der Waals surface area contributed by atoms with E-state index >= 15 is 0 Å². The summed E-state index contributed by atoms with van der Waals surface area (Å²) in [6.45, 7) is 7.65. The molecule has 1 aromatic heterocycles. The van der Waals surface area contributed by atoms with Crippen LogP contribution in [0.3, 0.4) is 0 Å². The molecular formula is C10H14N2. The lowest BCUT2D eigenvalue weighted by Gasteiger charge is -2.06. The monoisotopic (exact) mass is 162 g/mol. The van der Waals surface area contributed by atoms with Gasteiger partial charge in [0.25, 0.3) is 0 Å². The van der Waals surface area contributed by atoms with Crippen LogP contribution in [0, 0.1) is 6.92 Å². The number of rotatable bonds is 2. The fourth-order valence-electron chi connectivity index (χ4n) is 1.05. The summed E-state index contributed by atoms with van der Waals surface area (Å²) >= 11 is 0. The van der Waals surface area contributed by atoms with E-state index in [0.717, 1.165) is 11.3 Å². The number of nitrogens with zero attached hydrogens (tertiary/aromatic N) is 1. The first-order chi connectivity index (χ1) is 5.65. The predicted octanol–water partition coefficient (Wildman–Crippen LogP) is 2.05. The van der Waals surface area contributed by atoms with Crippen molar-refractivity contribution in [2.75, 3.05) is 0 Å². The third kappa shape index (κ3) is 1.71. The summed E-state index contributed by atoms with van der Waals surface area (Å²) in [7, 11) is 0. The minimum absolute atomic E-state index is 0.00238. The SMILES string of the molecule is C=Cc1cnc([C@H](C)N)cc1C. The Hall–Kier alpha value is -1.15. The van der Waals surface area contributed by atoms with E-state index in [1.165, 1.54) is 5.56 Å². The molecule has 0 radical (unpaired) electrons. The molecule has 0 bridgehead atoms. The van der Waals surface area contributed by atoms with E-state index in [2.05, 4.69) is 11.6 Å². The van der Waals surface area contributed by atoms with Gasteiger partial charge in [0.2, 0.25) is 0 Å². The van der Waals surface area contributed by atoms with Crippen LogP contribution in [-0.4, -0.2) is 4.98 Å². The Balaban J connectivity index is 3.10.